The van der Waals surface area contributed by atoms with Crippen LogP contribution in [0, 0.1) is 28.4 Å². The maximum Gasteiger partial charge on any atom is 0.276 e. The molecule has 0 aliphatic heterocycles. The lowest BCUT2D eigenvalue weighted by molar-refractivity contribution is -0.384. The maximum absolute atomic E-state index is 13.2. The Morgan fingerprint density at radius 2 is 2.00 bits per heavy atom. The molecule has 2 aromatic carbocycles. The van der Waals surface area contributed by atoms with Gasteiger partial charge >= 0.3 is 0 Å². The second kappa shape index (κ2) is 8.96. The van der Waals surface area contributed by atoms with Gasteiger partial charge in [-0.1, -0.05) is 30.3 Å². The Bertz CT molecular complexity index is 1110. The zero-order valence-electron chi connectivity index (χ0n) is 16.6. The number of nitriles is 1. The molecule has 0 saturated heterocycles. The number of aromatic nitrogens is 3. The van der Waals surface area contributed by atoms with Crippen LogP contribution in [-0.2, 0) is 6.54 Å². The largest absolute Gasteiger partial charge is 0.333 e. The number of carbonyl (C=O) groups is 1. The standard InChI is InChI=1S/C21H20N6O3/c1-3-11-25(14-17-9-7-16(13-22)8-10-17)21(28)20-15(2)26(24-23-20)18-5-4-6-19(12-18)27(29)30/h4-10,12H,3,11,14H2,1-2H3. The molecule has 0 saturated carbocycles. The second-order valence-corrected chi connectivity index (χ2v) is 6.75. The van der Waals surface area contributed by atoms with Crippen molar-refractivity contribution in [3.05, 3.63) is 81.2 Å². The van der Waals surface area contributed by atoms with Gasteiger partial charge in [0.05, 0.1) is 27.9 Å². The summed E-state index contributed by atoms with van der Waals surface area (Å²) in [6, 6.07) is 15.2. The molecule has 0 atom stereocenters. The molecule has 1 amide bonds. The van der Waals surface area contributed by atoms with E-state index >= 15 is 0 Å². The van der Waals surface area contributed by atoms with Crippen LogP contribution in [-0.4, -0.2) is 37.3 Å². The van der Waals surface area contributed by atoms with Crippen LogP contribution in [0.15, 0.2) is 48.5 Å². The van der Waals surface area contributed by atoms with Crippen molar-refractivity contribution < 1.29 is 9.72 Å². The van der Waals surface area contributed by atoms with Crippen molar-refractivity contribution in [2.24, 2.45) is 0 Å². The van der Waals surface area contributed by atoms with E-state index in [1.54, 1.807) is 36.1 Å². The summed E-state index contributed by atoms with van der Waals surface area (Å²) < 4.78 is 1.42. The van der Waals surface area contributed by atoms with Crippen molar-refractivity contribution in [3.8, 4) is 11.8 Å². The molecule has 0 unspecified atom stereocenters. The Balaban J connectivity index is 1.88. The van der Waals surface area contributed by atoms with Gasteiger partial charge in [-0.25, -0.2) is 4.68 Å². The van der Waals surface area contributed by atoms with Crippen LogP contribution in [0.4, 0.5) is 5.69 Å². The number of hydrogen-bond acceptors (Lipinski definition) is 6. The minimum atomic E-state index is -0.484. The van der Waals surface area contributed by atoms with E-state index in [9.17, 15) is 14.9 Å². The van der Waals surface area contributed by atoms with Gasteiger partial charge < -0.3 is 4.90 Å². The van der Waals surface area contributed by atoms with Crippen molar-refractivity contribution >= 4 is 11.6 Å². The van der Waals surface area contributed by atoms with Crippen molar-refractivity contribution in [1.82, 2.24) is 19.9 Å². The zero-order chi connectivity index (χ0) is 21.7. The Labute approximate surface area is 173 Å². The fraction of sp³-hybridized carbons (Fsp3) is 0.238. The van der Waals surface area contributed by atoms with E-state index in [1.807, 2.05) is 19.1 Å². The molecule has 1 heterocycles. The van der Waals surface area contributed by atoms with Crippen molar-refractivity contribution in [1.29, 1.82) is 5.26 Å². The molecule has 0 spiro atoms. The third-order valence-electron chi connectivity index (χ3n) is 4.62. The number of nitro benzene ring substituents is 1. The monoisotopic (exact) mass is 404 g/mol. The van der Waals surface area contributed by atoms with Crippen LogP contribution in [0.2, 0.25) is 0 Å². The quantitative estimate of drug-likeness (QED) is 0.440. The number of carbonyl (C=O) groups excluding carboxylic acids is 1. The summed E-state index contributed by atoms with van der Waals surface area (Å²) in [5.41, 5.74) is 2.55. The number of nitro groups is 1. The van der Waals surface area contributed by atoms with Gasteiger partial charge in [0.15, 0.2) is 5.69 Å². The fourth-order valence-corrected chi connectivity index (χ4v) is 3.09. The first-order valence-corrected chi connectivity index (χ1v) is 9.40. The lowest BCUT2D eigenvalue weighted by Gasteiger charge is -2.21. The number of nitrogens with zero attached hydrogens (tertiary/aromatic N) is 6. The molecule has 0 N–H and O–H groups in total. The molecule has 9 nitrogen and oxygen atoms in total. The molecule has 0 aliphatic rings. The van der Waals surface area contributed by atoms with Crippen LogP contribution in [0.1, 0.15) is 40.7 Å². The van der Waals surface area contributed by atoms with Crippen LogP contribution in [0.25, 0.3) is 5.69 Å². The topological polar surface area (TPSA) is 118 Å². The first kappa shape index (κ1) is 20.7. The average Bonchev–Trinajstić information content (AvgIpc) is 3.14. The van der Waals surface area contributed by atoms with E-state index in [0.717, 1.165) is 12.0 Å². The SMILES string of the molecule is CCCN(Cc1ccc(C#N)cc1)C(=O)c1nnn(-c2cccc([N+](=O)[O-])c2)c1C. The smallest absolute Gasteiger partial charge is 0.276 e. The predicted octanol–water partition coefficient (Wildman–Crippen LogP) is 3.41. The van der Waals surface area contributed by atoms with Crippen molar-refractivity contribution in [3.63, 3.8) is 0 Å². The van der Waals surface area contributed by atoms with Gasteiger partial charge in [0.2, 0.25) is 0 Å². The number of amides is 1. The zero-order valence-corrected chi connectivity index (χ0v) is 16.6. The molecule has 0 bridgehead atoms. The lowest BCUT2D eigenvalue weighted by Crippen LogP contribution is -2.32. The molecule has 3 rings (SSSR count). The molecule has 1 aromatic heterocycles. The van der Waals surface area contributed by atoms with E-state index in [0.29, 0.717) is 30.0 Å². The van der Waals surface area contributed by atoms with Gasteiger partial charge in [-0.3, -0.25) is 14.9 Å². The summed E-state index contributed by atoms with van der Waals surface area (Å²) in [7, 11) is 0. The van der Waals surface area contributed by atoms with Crippen LogP contribution in [0.5, 0.6) is 0 Å². The highest BCUT2D eigenvalue weighted by molar-refractivity contribution is 5.93. The van der Waals surface area contributed by atoms with Crippen LogP contribution in [0.3, 0.4) is 0 Å². The van der Waals surface area contributed by atoms with Crippen LogP contribution < -0.4 is 0 Å². The van der Waals surface area contributed by atoms with E-state index < -0.39 is 4.92 Å². The van der Waals surface area contributed by atoms with E-state index in [2.05, 4.69) is 16.4 Å². The summed E-state index contributed by atoms with van der Waals surface area (Å²) >= 11 is 0. The normalized spacial score (nSPS) is 10.4. The molecule has 0 aliphatic carbocycles. The second-order valence-electron chi connectivity index (χ2n) is 6.75. The first-order chi connectivity index (χ1) is 14.4. The van der Waals surface area contributed by atoms with Gasteiger partial charge in [-0.05, 0) is 37.1 Å². The molecule has 0 radical (unpaired) electrons. The molecule has 0 fully saturated rings. The van der Waals surface area contributed by atoms with Crippen molar-refractivity contribution in [2.75, 3.05) is 6.54 Å². The Kier molecular flexibility index (Phi) is 6.17. The maximum atomic E-state index is 13.2. The van der Waals surface area contributed by atoms with Gasteiger partial charge in [0.25, 0.3) is 11.6 Å². The van der Waals surface area contributed by atoms with Gasteiger partial charge in [0.1, 0.15) is 0 Å². The van der Waals surface area contributed by atoms with Gasteiger partial charge in [-0.2, -0.15) is 5.26 Å². The highest BCUT2D eigenvalue weighted by Gasteiger charge is 2.23. The number of benzene rings is 2. The summed E-state index contributed by atoms with van der Waals surface area (Å²) in [6.45, 7) is 4.59. The average molecular weight is 404 g/mol. The summed E-state index contributed by atoms with van der Waals surface area (Å²) in [5, 5.41) is 28.1. The molecular formula is C21H20N6O3. The molecule has 152 valence electrons. The summed E-state index contributed by atoms with van der Waals surface area (Å²) in [5.74, 6) is -0.268. The highest BCUT2D eigenvalue weighted by atomic mass is 16.6. The molecule has 9 heteroatoms. The lowest BCUT2D eigenvalue weighted by atomic mass is 10.1. The molecular weight excluding hydrogens is 384 g/mol. The minimum Gasteiger partial charge on any atom is -0.333 e. The number of hydrogen-bond donors (Lipinski definition) is 0. The van der Waals surface area contributed by atoms with E-state index in [-0.39, 0.29) is 17.3 Å². The highest BCUT2D eigenvalue weighted by Crippen LogP contribution is 2.19. The van der Waals surface area contributed by atoms with Gasteiger partial charge in [0, 0.05) is 25.2 Å². The first-order valence-electron chi connectivity index (χ1n) is 9.40. The van der Waals surface area contributed by atoms with Crippen molar-refractivity contribution in [2.45, 2.75) is 26.8 Å². The molecule has 3 aromatic rings. The molecule has 30 heavy (non-hydrogen) atoms. The van der Waals surface area contributed by atoms with Crippen LogP contribution >= 0.6 is 0 Å². The third-order valence-corrected chi connectivity index (χ3v) is 4.62. The summed E-state index contributed by atoms with van der Waals surface area (Å²) in [4.78, 5) is 25.4. The summed E-state index contributed by atoms with van der Waals surface area (Å²) in [6.07, 6.45) is 0.764. The predicted molar refractivity (Wildman–Crippen MR) is 109 cm³/mol. The fourth-order valence-electron chi connectivity index (χ4n) is 3.09. The number of rotatable bonds is 7. The van der Waals surface area contributed by atoms with E-state index in [4.69, 9.17) is 5.26 Å². The Hall–Kier alpha value is -4.06. The van der Waals surface area contributed by atoms with Gasteiger partial charge in [-0.15, -0.1) is 5.10 Å². The number of non-ortho nitro benzene ring substituents is 1. The Morgan fingerprint density at radius 3 is 2.63 bits per heavy atom. The third kappa shape index (κ3) is 4.33. The van der Waals surface area contributed by atoms with E-state index in [1.165, 1.54) is 16.8 Å². The minimum absolute atomic E-state index is 0.0660. The Morgan fingerprint density at radius 1 is 1.27 bits per heavy atom.